The standard InChI is InChI=1S/C16H20Cl2N4O3/c1-2-6-21(10-15(24)22-7-5-19-16(22)25)9-14(23)20-13-8-11(17)3-4-12(13)18/h3-4,8H,2,5-7,9-10H2,1H3,(H,19,25)(H,20,23). The Labute approximate surface area is 156 Å². The van der Waals surface area contributed by atoms with Crippen LogP contribution in [0.25, 0.3) is 0 Å². The number of carbonyl (C=O) groups excluding carboxylic acids is 3. The fourth-order valence-corrected chi connectivity index (χ4v) is 2.84. The summed E-state index contributed by atoms with van der Waals surface area (Å²) in [5.74, 6) is -0.631. The highest BCUT2D eigenvalue weighted by molar-refractivity contribution is 6.35. The van der Waals surface area contributed by atoms with Crippen LogP contribution >= 0.6 is 23.2 Å². The second kappa shape index (κ2) is 9.03. The lowest BCUT2D eigenvalue weighted by Gasteiger charge is -2.22. The Balaban J connectivity index is 1.95. The highest BCUT2D eigenvalue weighted by Crippen LogP contribution is 2.25. The summed E-state index contributed by atoms with van der Waals surface area (Å²) in [6.45, 7) is 3.31. The van der Waals surface area contributed by atoms with E-state index in [1.807, 2.05) is 6.92 Å². The molecular weight excluding hydrogens is 367 g/mol. The molecule has 9 heteroatoms. The summed E-state index contributed by atoms with van der Waals surface area (Å²) >= 11 is 11.9. The Hall–Kier alpha value is -1.83. The molecule has 1 aromatic rings. The van der Waals surface area contributed by atoms with Gasteiger partial charge in [0.2, 0.25) is 11.8 Å². The van der Waals surface area contributed by atoms with Crippen molar-refractivity contribution in [2.45, 2.75) is 13.3 Å². The molecule has 0 spiro atoms. The molecule has 1 aromatic carbocycles. The van der Waals surface area contributed by atoms with Gasteiger partial charge < -0.3 is 10.6 Å². The highest BCUT2D eigenvalue weighted by Gasteiger charge is 2.27. The van der Waals surface area contributed by atoms with Crippen molar-refractivity contribution >= 4 is 46.7 Å². The lowest BCUT2D eigenvalue weighted by Crippen LogP contribution is -2.44. The molecule has 2 rings (SSSR count). The largest absolute Gasteiger partial charge is 0.336 e. The molecule has 0 aliphatic carbocycles. The molecule has 1 saturated heterocycles. The number of imide groups is 1. The van der Waals surface area contributed by atoms with Crippen molar-refractivity contribution < 1.29 is 14.4 Å². The van der Waals surface area contributed by atoms with Gasteiger partial charge in [0, 0.05) is 18.1 Å². The molecule has 0 bridgehead atoms. The molecule has 1 aliphatic rings. The number of carbonyl (C=O) groups is 3. The SMILES string of the molecule is CCCN(CC(=O)Nc1cc(Cl)ccc1Cl)CC(=O)N1CCNC1=O. The fourth-order valence-electron chi connectivity index (χ4n) is 2.50. The number of benzene rings is 1. The number of hydrogen-bond donors (Lipinski definition) is 2. The van der Waals surface area contributed by atoms with Crippen molar-refractivity contribution in [2.75, 3.05) is 38.0 Å². The van der Waals surface area contributed by atoms with Crippen molar-refractivity contribution in [3.8, 4) is 0 Å². The van der Waals surface area contributed by atoms with Crippen LogP contribution in [-0.4, -0.2) is 60.4 Å². The topological polar surface area (TPSA) is 81.8 Å². The van der Waals surface area contributed by atoms with Crippen molar-refractivity contribution in [3.05, 3.63) is 28.2 Å². The third kappa shape index (κ3) is 5.59. The lowest BCUT2D eigenvalue weighted by atomic mass is 10.3. The average Bonchev–Trinajstić information content (AvgIpc) is 2.97. The van der Waals surface area contributed by atoms with Crippen LogP contribution in [0.5, 0.6) is 0 Å². The first-order valence-electron chi connectivity index (χ1n) is 7.96. The molecule has 1 fully saturated rings. The van der Waals surface area contributed by atoms with E-state index in [1.54, 1.807) is 23.1 Å². The fraction of sp³-hybridized carbons (Fsp3) is 0.438. The number of hydrogen-bond acceptors (Lipinski definition) is 4. The minimum absolute atomic E-state index is 0.00203. The van der Waals surface area contributed by atoms with E-state index in [1.165, 1.54) is 0 Å². The summed E-state index contributed by atoms with van der Waals surface area (Å²) in [6, 6.07) is 4.39. The van der Waals surface area contributed by atoms with E-state index >= 15 is 0 Å². The Kier molecular flexibility index (Phi) is 7.04. The Morgan fingerprint density at radius 3 is 2.72 bits per heavy atom. The first-order valence-corrected chi connectivity index (χ1v) is 8.71. The maximum absolute atomic E-state index is 12.3. The minimum atomic E-state index is -0.392. The first-order chi connectivity index (χ1) is 11.9. The molecule has 1 heterocycles. The number of urea groups is 1. The van der Waals surface area contributed by atoms with Gasteiger partial charge in [0.25, 0.3) is 0 Å². The molecule has 4 amide bonds. The van der Waals surface area contributed by atoms with E-state index in [2.05, 4.69) is 10.6 Å². The van der Waals surface area contributed by atoms with Gasteiger partial charge in [0.05, 0.1) is 23.8 Å². The van der Waals surface area contributed by atoms with Crippen molar-refractivity contribution in [3.63, 3.8) is 0 Å². The molecule has 0 atom stereocenters. The number of nitrogens with zero attached hydrogens (tertiary/aromatic N) is 2. The van der Waals surface area contributed by atoms with Gasteiger partial charge in [-0.15, -0.1) is 0 Å². The molecule has 0 saturated carbocycles. The summed E-state index contributed by atoms with van der Waals surface area (Å²) < 4.78 is 0. The number of anilines is 1. The summed E-state index contributed by atoms with van der Waals surface area (Å²) in [5.41, 5.74) is 0.417. The van der Waals surface area contributed by atoms with Crippen LogP contribution < -0.4 is 10.6 Å². The lowest BCUT2D eigenvalue weighted by molar-refractivity contribution is -0.129. The van der Waals surface area contributed by atoms with E-state index < -0.39 is 6.03 Å². The van der Waals surface area contributed by atoms with Crippen molar-refractivity contribution in [2.24, 2.45) is 0 Å². The maximum Gasteiger partial charge on any atom is 0.324 e. The third-order valence-corrected chi connectivity index (χ3v) is 4.19. The van der Waals surface area contributed by atoms with Crippen LogP contribution in [0, 0.1) is 0 Å². The zero-order valence-electron chi connectivity index (χ0n) is 13.8. The van der Waals surface area contributed by atoms with Crippen molar-refractivity contribution in [1.29, 1.82) is 0 Å². The van der Waals surface area contributed by atoms with Crippen LogP contribution in [0.4, 0.5) is 10.5 Å². The quantitative estimate of drug-likeness (QED) is 0.752. The van der Waals surface area contributed by atoms with Crippen LogP contribution in [0.2, 0.25) is 10.0 Å². The van der Waals surface area contributed by atoms with Crippen LogP contribution in [-0.2, 0) is 9.59 Å². The smallest absolute Gasteiger partial charge is 0.324 e. The maximum atomic E-state index is 12.3. The first kappa shape index (κ1) is 19.5. The minimum Gasteiger partial charge on any atom is -0.336 e. The van der Waals surface area contributed by atoms with Gasteiger partial charge >= 0.3 is 6.03 Å². The Bertz CT molecular complexity index is 669. The number of amides is 4. The highest BCUT2D eigenvalue weighted by atomic mass is 35.5. The van der Waals surface area contributed by atoms with Gasteiger partial charge in [-0.2, -0.15) is 0 Å². The van der Waals surface area contributed by atoms with Gasteiger partial charge in [-0.25, -0.2) is 4.79 Å². The van der Waals surface area contributed by atoms with Gasteiger partial charge in [-0.05, 0) is 31.2 Å². The van der Waals surface area contributed by atoms with E-state index in [0.29, 0.717) is 35.4 Å². The molecule has 0 aromatic heterocycles. The Morgan fingerprint density at radius 2 is 2.08 bits per heavy atom. The van der Waals surface area contributed by atoms with E-state index in [-0.39, 0.29) is 24.9 Å². The van der Waals surface area contributed by atoms with Gasteiger partial charge in [0.15, 0.2) is 0 Å². The summed E-state index contributed by atoms with van der Waals surface area (Å²) in [5, 5.41) is 6.11. The molecule has 136 valence electrons. The molecular formula is C16H20Cl2N4O3. The summed E-state index contributed by atoms with van der Waals surface area (Å²) in [6.07, 6.45) is 0.769. The summed E-state index contributed by atoms with van der Waals surface area (Å²) in [7, 11) is 0. The normalized spacial score (nSPS) is 13.9. The Morgan fingerprint density at radius 1 is 1.32 bits per heavy atom. The number of halogens is 2. The summed E-state index contributed by atoms with van der Waals surface area (Å²) in [4.78, 5) is 38.9. The molecule has 7 nitrogen and oxygen atoms in total. The monoisotopic (exact) mass is 386 g/mol. The van der Waals surface area contributed by atoms with E-state index in [0.717, 1.165) is 11.3 Å². The average molecular weight is 387 g/mol. The predicted octanol–water partition coefficient (Wildman–Crippen LogP) is 2.20. The second-order valence-corrected chi connectivity index (χ2v) is 6.50. The second-order valence-electron chi connectivity index (χ2n) is 5.66. The zero-order chi connectivity index (χ0) is 18.4. The van der Waals surface area contributed by atoms with E-state index in [9.17, 15) is 14.4 Å². The van der Waals surface area contributed by atoms with Crippen LogP contribution in [0.1, 0.15) is 13.3 Å². The van der Waals surface area contributed by atoms with E-state index in [4.69, 9.17) is 23.2 Å². The van der Waals surface area contributed by atoms with Gasteiger partial charge in [-0.1, -0.05) is 30.1 Å². The number of nitrogens with one attached hydrogen (secondary N) is 2. The van der Waals surface area contributed by atoms with Gasteiger partial charge in [0.1, 0.15) is 0 Å². The molecule has 0 radical (unpaired) electrons. The molecule has 25 heavy (non-hydrogen) atoms. The van der Waals surface area contributed by atoms with Gasteiger partial charge in [-0.3, -0.25) is 19.4 Å². The van der Waals surface area contributed by atoms with Crippen molar-refractivity contribution in [1.82, 2.24) is 15.1 Å². The molecule has 2 N–H and O–H groups in total. The molecule has 0 unspecified atom stereocenters. The zero-order valence-corrected chi connectivity index (χ0v) is 15.4. The van der Waals surface area contributed by atoms with Crippen LogP contribution in [0.3, 0.4) is 0 Å². The molecule has 1 aliphatic heterocycles. The third-order valence-electron chi connectivity index (χ3n) is 3.63. The van der Waals surface area contributed by atoms with Crippen LogP contribution in [0.15, 0.2) is 18.2 Å². The number of rotatable bonds is 7. The predicted molar refractivity (Wildman–Crippen MR) is 96.9 cm³/mol.